The van der Waals surface area contributed by atoms with Crippen molar-refractivity contribution in [1.82, 2.24) is 4.90 Å². The summed E-state index contributed by atoms with van der Waals surface area (Å²) >= 11 is 0. The van der Waals surface area contributed by atoms with E-state index in [0.717, 1.165) is 35.6 Å². The Kier molecular flexibility index (Phi) is 7.01. The van der Waals surface area contributed by atoms with Crippen LogP contribution in [0.5, 0.6) is 5.75 Å². The molecule has 5 nitrogen and oxygen atoms in total. The van der Waals surface area contributed by atoms with E-state index in [-0.39, 0.29) is 17.4 Å². The lowest BCUT2D eigenvalue weighted by molar-refractivity contribution is -0.139. The lowest BCUT2D eigenvalue weighted by Gasteiger charge is -2.26. The Morgan fingerprint density at radius 1 is 1.00 bits per heavy atom. The van der Waals surface area contributed by atoms with E-state index in [1.165, 1.54) is 0 Å². The molecule has 3 aromatic rings. The monoisotopic (exact) mass is 457 g/mol. The fourth-order valence-electron chi connectivity index (χ4n) is 4.60. The molecule has 0 spiro atoms. The molecule has 1 saturated heterocycles. The lowest BCUT2D eigenvalue weighted by atomic mass is 9.93. The number of aliphatic hydroxyl groups excluding tert-OH is 1. The Hall–Kier alpha value is -3.60. The highest BCUT2D eigenvalue weighted by molar-refractivity contribution is 6.46. The van der Waals surface area contributed by atoms with E-state index in [1.807, 2.05) is 74.5 Å². The van der Waals surface area contributed by atoms with Crippen LogP contribution in [0.25, 0.3) is 16.5 Å². The van der Waals surface area contributed by atoms with Crippen LogP contribution in [0.2, 0.25) is 0 Å². The standard InChI is InChI=1S/C29H31NO4/c1-4-5-8-17-30-26(21-13-9-14-22(18-21)34-19(2)3)25(28(32)29(30)33)27(31)24-16-10-12-20-11-6-7-15-23(20)24/h6-7,9-16,18-19,26,31H,4-5,8,17H2,1-3H3/b27-25-. The number of benzene rings is 3. The van der Waals surface area contributed by atoms with Crippen molar-refractivity contribution in [3.63, 3.8) is 0 Å². The molecule has 1 atom stereocenters. The molecule has 0 bridgehead atoms. The average Bonchev–Trinajstić information content (AvgIpc) is 3.08. The minimum atomic E-state index is -0.675. The van der Waals surface area contributed by atoms with Gasteiger partial charge in [-0.1, -0.05) is 74.4 Å². The molecule has 4 rings (SSSR count). The van der Waals surface area contributed by atoms with E-state index < -0.39 is 17.7 Å². The Bertz CT molecular complexity index is 1240. The first-order valence-electron chi connectivity index (χ1n) is 12.0. The summed E-state index contributed by atoms with van der Waals surface area (Å²) in [5, 5.41) is 13.3. The predicted molar refractivity (Wildman–Crippen MR) is 135 cm³/mol. The fraction of sp³-hybridized carbons (Fsp3) is 0.310. The van der Waals surface area contributed by atoms with Crippen molar-refractivity contribution in [3.8, 4) is 5.75 Å². The molecular formula is C29H31NO4. The maximum atomic E-state index is 13.3. The summed E-state index contributed by atoms with van der Waals surface area (Å²) in [6, 6.07) is 20.1. The van der Waals surface area contributed by atoms with E-state index in [9.17, 15) is 14.7 Å². The highest BCUT2D eigenvalue weighted by Crippen LogP contribution is 2.41. The van der Waals surface area contributed by atoms with Crippen molar-refractivity contribution >= 4 is 28.2 Å². The minimum Gasteiger partial charge on any atom is -0.507 e. The smallest absolute Gasteiger partial charge is 0.295 e. The van der Waals surface area contributed by atoms with Gasteiger partial charge in [-0.15, -0.1) is 0 Å². The van der Waals surface area contributed by atoms with Crippen LogP contribution >= 0.6 is 0 Å². The van der Waals surface area contributed by atoms with Gasteiger partial charge in [0.05, 0.1) is 17.7 Å². The van der Waals surface area contributed by atoms with Gasteiger partial charge < -0.3 is 14.7 Å². The normalized spacial score (nSPS) is 17.6. The van der Waals surface area contributed by atoms with Crippen molar-refractivity contribution in [2.24, 2.45) is 0 Å². The summed E-state index contributed by atoms with van der Waals surface area (Å²) in [6.07, 6.45) is 2.73. The summed E-state index contributed by atoms with van der Waals surface area (Å²) in [4.78, 5) is 28.1. The van der Waals surface area contributed by atoms with Gasteiger partial charge in [-0.3, -0.25) is 9.59 Å². The third-order valence-corrected chi connectivity index (χ3v) is 6.13. The van der Waals surface area contributed by atoms with E-state index in [2.05, 4.69) is 6.92 Å². The zero-order valence-electron chi connectivity index (χ0n) is 20.0. The van der Waals surface area contributed by atoms with E-state index in [0.29, 0.717) is 17.9 Å². The maximum Gasteiger partial charge on any atom is 0.295 e. The summed E-state index contributed by atoms with van der Waals surface area (Å²) in [5.41, 5.74) is 1.42. The molecule has 1 aliphatic rings. The number of carbonyl (C=O) groups excluding carboxylic acids is 2. The zero-order chi connectivity index (χ0) is 24.2. The van der Waals surface area contributed by atoms with Crippen LogP contribution in [-0.4, -0.2) is 34.3 Å². The molecule has 1 aliphatic heterocycles. The molecule has 1 N–H and O–H groups in total. The molecule has 34 heavy (non-hydrogen) atoms. The number of aliphatic hydroxyl groups is 1. The van der Waals surface area contributed by atoms with Gasteiger partial charge in [0.2, 0.25) is 0 Å². The van der Waals surface area contributed by atoms with Crippen LogP contribution in [-0.2, 0) is 9.59 Å². The Morgan fingerprint density at radius 2 is 1.74 bits per heavy atom. The molecular weight excluding hydrogens is 426 g/mol. The second-order valence-corrected chi connectivity index (χ2v) is 8.97. The second kappa shape index (κ2) is 10.1. The number of Topliss-reactive ketones (excluding diaryl/α,β-unsaturated/α-hetero) is 1. The van der Waals surface area contributed by atoms with E-state index in [4.69, 9.17) is 4.74 Å². The van der Waals surface area contributed by atoms with Gasteiger partial charge in [-0.05, 0) is 48.7 Å². The van der Waals surface area contributed by atoms with Gasteiger partial charge >= 0.3 is 0 Å². The third-order valence-electron chi connectivity index (χ3n) is 6.13. The number of amides is 1. The molecule has 0 saturated carbocycles. The first kappa shape index (κ1) is 23.6. The fourth-order valence-corrected chi connectivity index (χ4v) is 4.60. The number of hydrogen-bond acceptors (Lipinski definition) is 4. The summed E-state index contributed by atoms with van der Waals surface area (Å²) in [7, 11) is 0. The maximum absolute atomic E-state index is 13.3. The Labute approximate surface area is 200 Å². The molecule has 1 unspecified atom stereocenters. The lowest BCUT2D eigenvalue weighted by Crippen LogP contribution is -2.30. The van der Waals surface area contributed by atoms with E-state index >= 15 is 0 Å². The second-order valence-electron chi connectivity index (χ2n) is 8.97. The molecule has 1 heterocycles. The number of fused-ring (bicyclic) bond motifs is 1. The number of hydrogen-bond donors (Lipinski definition) is 1. The van der Waals surface area contributed by atoms with Crippen molar-refractivity contribution < 1.29 is 19.4 Å². The van der Waals surface area contributed by atoms with Gasteiger partial charge in [0.25, 0.3) is 11.7 Å². The van der Waals surface area contributed by atoms with Gasteiger partial charge in [0.1, 0.15) is 11.5 Å². The summed E-state index contributed by atoms with van der Waals surface area (Å²) in [6.45, 7) is 6.44. The van der Waals surface area contributed by atoms with Crippen LogP contribution in [0.1, 0.15) is 57.2 Å². The summed E-state index contributed by atoms with van der Waals surface area (Å²) in [5.74, 6) is -0.703. The number of nitrogens with zero attached hydrogens (tertiary/aromatic N) is 1. The van der Waals surface area contributed by atoms with Crippen LogP contribution in [0.15, 0.2) is 72.3 Å². The highest BCUT2D eigenvalue weighted by Gasteiger charge is 2.46. The van der Waals surface area contributed by atoms with Crippen molar-refractivity contribution in [2.75, 3.05) is 6.54 Å². The third kappa shape index (κ3) is 4.56. The number of unbranched alkanes of at least 4 members (excludes halogenated alkanes) is 2. The van der Waals surface area contributed by atoms with Crippen molar-refractivity contribution in [1.29, 1.82) is 0 Å². The van der Waals surface area contributed by atoms with Gasteiger partial charge in [-0.2, -0.15) is 0 Å². The molecule has 176 valence electrons. The van der Waals surface area contributed by atoms with Gasteiger partial charge in [0, 0.05) is 12.1 Å². The largest absolute Gasteiger partial charge is 0.507 e. The van der Waals surface area contributed by atoms with Gasteiger partial charge in [-0.25, -0.2) is 0 Å². The quantitative estimate of drug-likeness (QED) is 0.188. The molecule has 0 aromatic heterocycles. The van der Waals surface area contributed by atoms with Crippen molar-refractivity contribution in [3.05, 3.63) is 83.4 Å². The Balaban J connectivity index is 1.88. The van der Waals surface area contributed by atoms with Crippen LogP contribution < -0.4 is 4.74 Å². The summed E-state index contributed by atoms with van der Waals surface area (Å²) < 4.78 is 5.87. The number of ether oxygens (including phenoxy) is 1. The van der Waals surface area contributed by atoms with Crippen molar-refractivity contribution in [2.45, 2.75) is 52.2 Å². The predicted octanol–water partition coefficient (Wildman–Crippen LogP) is 6.24. The molecule has 1 fully saturated rings. The number of likely N-dealkylation sites (tertiary alicyclic amines) is 1. The topological polar surface area (TPSA) is 66.8 Å². The minimum absolute atomic E-state index is 0.0122. The van der Waals surface area contributed by atoms with Gasteiger partial charge in [0.15, 0.2) is 0 Å². The highest BCUT2D eigenvalue weighted by atomic mass is 16.5. The van der Waals surface area contributed by atoms with Crippen LogP contribution in [0.4, 0.5) is 0 Å². The Morgan fingerprint density at radius 3 is 2.50 bits per heavy atom. The SMILES string of the molecule is CCCCCN1C(=O)C(=O)/C(=C(\O)c2cccc3ccccc23)C1c1cccc(OC(C)C)c1. The molecule has 0 aliphatic carbocycles. The first-order chi connectivity index (χ1) is 16.4. The number of ketones is 1. The number of carbonyl (C=O) groups is 2. The molecule has 3 aromatic carbocycles. The molecule has 0 radical (unpaired) electrons. The first-order valence-corrected chi connectivity index (χ1v) is 12.0. The zero-order valence-corrected chi connectivity index (χ0v) is 20.0. The van der Waals surface area contributed by atoms with E-state index in [1.54, 1.807) is 11.0 Å². The molecule has 1 amide bonds. The molecule has 5 heteroatoms. The van der Waals surface area contributed by atoms with Crippen LogP contribution in [0, 0.1) is 0 Å². The average molecular weight is 458 g/mol. The van der Waals surface area contributed by atoms with Crippen LogP contribution in [0.3, 0.4) is 0 Å². The number of rotatable bonds is 8.